The van der Waals surface area contributed by atoms with Crippen molar-refractivity contribution in [1.29, 1.82) is 0 Å². The van der Waals surface area contributed by atoms with Crippen LogP contribution in [0.3, 0.4) is 0 Å². The molecule has 1 atom stereocenters. The Labute approximate surface area is 270 Å². The summed E-state index contributed by atoms with van der Waals surface area (Å²) in [6, 6.07) is 33.8. The van der Waals surface area contributed by atoms with Crippen LogP contribution < -0.4 is 4.90 Å². The van der Waals surface area contributed by atoms with Gasteiger partial charge >= 0.3 is 0 Å². The van der Waals surface area contributed by atoms with Gasteiger partial charge in [-0.1, -0.05) is 104 Å². The first-order chi connectivity index (χ1) is 22.2. The smallest absolute Gasteiger partial charge is 0.0709 e. The van der Waals surface area contributed by atoms with E-state index in [9.17, 15) is 0 Å². The Kier molecular flexibility index (Phi) is 6.69. The van der Waals surface area contributed by atoms with E-state index in [1.165, 1.54) is 59.5 Å². The zero-order chi connectivity index (χ0) is 30.5. The number of nitrogens with zero attached hydrogens (tertiary/aromatic N) is 1. The van der Waals surface area contributed by atoms with Crippen molar-refractivity contribution in [1.82, 2.24) is 0 Å². The maximum Gasteiger partial charge on any atom is 0.0709 e. The average molecular weight is 598 g/mol. The van der Waals surface area contributed by atoms with Crippen LogP contribution in [0.5, 0.6) is 0 Å². The lowest BCUT2D eigenvalue weighted by molar-refractivity contribution is 0.718. The molecule has 1 heterocycles. The molecule has 45 heavy (non-hydrogen) atoms. The molecular formula is C43H35NS. The summed E-state index contributed by atoms with van der Waals surface area (Å²) < 4.78 is 1.36. The van der Waals surface area contributed by atoms with Gasteiger partial charge in [-0.2, -0.15) is 0 Å². The van der Waals surface area contributed by atoms with Gasteiger partial charge in [0.1, 0.15) is 0 Å². The lowest BCUT2D eigenvalue weighted by Crippen LogP contribution is -2.29. The van der Waals surface area contributed by atoms with Crippen molar-refractivity contribution in [3.8, 4) is 10.4 Å². The SMILES string of the molecule is C=C/C(=C\C=C/C)N(c1ccccc1)c1ccc2c(c1)C1(C3=C2C=CCC3)c2c(C=CC)cccc2-c2sc3ccccc3c21. The third kappa shape index (κ3) is 3.92. The molecule has 1 spiro atoms. The van der Waals surface area contributed by atoms with Crippen molar-refractivity contribution in [2.75, 3.05) is 4.90 Å². The highest BCUT2D eigenvalue weighted by Gasteiger charge is 2.55. The van der Waals surface area contributed by atoms with Crippen molar-refractivity contribution < 1.29 is 0 Å². The molecule has 0 saturated carbocycles. The minimum Gasteiger partial charge on any atom is -0.311 e. The predicted molar refractivity (Wildman–Crippen MR) is 195 cm³/mol. The second kappa shape index (κ2) is 10.9. The number of hydrogen-bond acceptors (Lipinski definition) is 2. The van der Waals surface area contributed by atoms with E-state index in [0.29, 0.717) is 0 Å². The monoisotopic (exact) mass is 597 g/mol. The lowest BCUT2D eigenvalue weighted by atomic mass is 9.66. The van der Waals surface area contributed by atoms with Crippen LogP contribution >= 0.6 is 11.3 Å². The Hall–Kier alpha value is -4.92. The van der Waals surface area contributed by atoms with E-state index in [1.54, 1.807) is 0 Å². The highest BCUT2D eigenvalue weighted by atomic mass is 32.1. The zero-order valence-electron chi connectivity index (χ0n) is 25.8. The topological polar surface area (TPSA) is 3.24 Å². The van der Waals surface area contributed by atoms with Gasteiger partial charge in [0.25, 0.3) is 0 Å². The first-order valence-corrected chi connectivity index (χ1v) is 16.7. The van der Waals surface area contributed by atoms with Crippen LogP contribution in [0.25, 0.3) is 32.2 Å². The summed E-state index contributed by atoms with van der Waals surface area (Å²) in [4.78, 5) is 3.76. The van der Waals surface area contributed by atoms with Crippen molar-refractivity contribution >= 4 is 44.4 Å². The largest absolute Gasteiger partial charge is 0.311 e. The molecule has 2 heteroatoms. The van der Waals surface area contributed by atoms with Crippen molar-refractivity contribution in [2.24, 2.45) is 0 Å². The van der Waals surface area contributed by atoms with Gasteiger partial charge in [-0.15, -0.1) is 11.3 Å². The van der Waals surface area contributed by atoms with Crippen LogP contribution in [-0.4, -0.2) is 0 Å². The summed E-state index contributed by atoms with van der Waals surface area (Å²) in [5.41, 5.74) is 14.2. The van der Waals surface area contributed by atoms with Gasteiger partial charge in [0, 0.05) is 26.6 Å². The molecule has 0 N–H and O–H groups in total. The summed E-state index contributed by atoms with van der Waals surface area (Å²) in [5.74, 6) is 0. The van der Waals surface area contributed by atoms with Gasteiger partial charge in [0.2, 0.25) is 0 Å². The van der Waals surface area contributed by atoms with E-state index >= 15 is 0 Å². The van der Waals surface area contributed by atoms with Gasteiger partial charge < -0.3 is 4.90 Å². The van der Waals surface area contributed by atoms with Crippen LogP contribution in [0.15, 0.2) is 151 Å². The number of thiophene rings is 1. The predicted octanol–water partition coefficient (Wildman–Crippen LogP) is 12.2. The number of para-hydroxylation sites is 1. The molecule has 0 radical (unpaired) electrons. The van der Waals surface area contributed by atoms with E-state index in [4.69, 9.17) is 0 Å². The zero-order valence-corrected chi connectivity index (χ0v) is 26.6. The molecule has 1 nitrogen and oxygen atoms in total. The standard InChI is InChI=1S/C43H35NS/c1-4-7-18-30(6-3)44(31-19-9-8-10-20-31)32-26-27-34-33-21-11-13-24-37(33)43(38(34)28-32)40-29(16-5-2)17-15-23-36(40)42-41(43)35-22-12-14-25-39(35)45-42/h4-12,14-23,25-28H,3,13,24H2,1-2H3/b7-4-,16-5?,30-18+. The molecule has 0 fully saturated rings. The first kappa shape index (κ1) is 27.6. The fourth-order valence-electron chi connectivity index (χ4n) is 7.94. The molecule has 1 aromatic heterocycles. The normalized spacial score (nSPS) is 18.2. The van der Waals surface area contributed by atoms with Crippen LogP contribution in [0.1, 0.15) is 54.5 Å². The maximum atomic E-state index is 4.24. The lowest BCUT2D eigenvalue weighted by Gasteiger charge is -2.35. The minimum absolute atomic E-state index is 0.366. The number of benzene rings is 4. The van der Waals surface area contributed by atoms with E-state index < -0.39 is 0 Å². The molecule has 8 rings (SSSR count). The summed E-state index contributed by atoms with van der Waals surface area (Å²) >= 11 is 1.95. The number of fused-ring (bicyclic) bond motifs is 11. The summed E-state index contributed by atoms with van der Waals surface area (Å²) in [5, 5.41) is 1.37. The summed E-state index contributed by atoms with van der Waals surface area (Å²) in [6.45, 7) is 8.42. The Morgan fingerprint density at radius 1 is 0.844 bits per heavy atom. The molecular weight excluding hydrogens is 563 g/mol. The Balaban J connectivity index is 1.50. The van der Waals surface area contributed by atoms with Gasteiger partial charge in [-0.3, -0.25) is 0 Å². The molecule has 0 aliphatic heterocycles. The molecule has 0 saturated heterocycles. The number of allylic oxidation sites excluding steroid dienone is 9. The Bertz CT molecular complexity index is 2150. The van der Waals surface area contributed by atoms with E-state index in [2.05, 4.69) is 159 Å². The van der Waals surface area contributed by atoms with Crippen molar-refractivity contribution in [3.05, 3.63) is 179 Å². The summed E-state index contributed by atoms with van der Waals surface area (Å²) in [6.07, 6.45) is 19.6. The number of rotatable bonds is 6. The van der Waals surface area contributed by atoms with Gasteiger partial charge in [0.15, 0.2) is 0 Å². The third-order valence-corrected chi connectivity index (χ3v) is 10.8. The fraction of sp³-hybridized carbons (Fsp3) is 0.116. The van der Waals surface area contributed by atoms with Crippen LogP contribution in [-0.2, 0) is 5.41 Å². The van der Waals surface area contributed by atoms with Gasteiger partial charge in [-0.25, -0.2) is 0 Å². The Morgan fingerprint density at radius 3 is 2.51 bits per heavy atom. The minimum atomic E-state index is -0.366. The summed E-state index contributed by atoms with van der Waals surface area (Å²) in [7, 11) is 0. The second-order valence-electron chi connectivity index (χ2n) is 11.9. The quantitative estimate of drug-likeness (QED) is 0.176. The molecule has 218 valence electrons. The molecule has 1 unspecified atom stereocenters. The van der Waals surface area contributed by atoms with Crippen molar-refractivity contribution in [2.45, 2.75) is 32.1 Å². The average Bonchev–Trinajstić information content (AvgIpc) is 3.71. The van der Waals surface area contributed by atoms with E-state index in [1.807, 2.05) is 17.4 Å². The number of hydrogen-bond donors (Lipinski definition) is 0. The molecule has 5 aromatic rings. The van der Waals surface area contributed by atoms with Crippen LogP contribution in [0, 0.1) is 0 Å². The molecule has 3 aliphatic carbocycles. The number of anilines is 2. The van der Waals surface area contributed by atoms with Crippen LogP contribution in [0.2, 0.25) is 0 Å². The van der Waals surface area contributed by atoms with E-state index in [0.717, 1.165) is 29.9 Å². The molecule has 0 bridgehead atoms. The first-order valence-electron chi connectivity index (χ1n) is 15.9. The second-order valence-corrected chi connectivity index (χ2v) is 12.9. The maximum absolute atomic E-state index is 4.24. The van der Waals surface area contributed by atoms with E-state index in [-0.39, 0.29) is 5.41 Å². The molecule has 0 amide bonds. The Morgan fingerprint density at radius 2 is 1.69 bits per heavy atom. The molecule has 4 aromatic carbocycles. The van der Waals surface area contributed by atoms with Crippen LogP contribution in [0.4, 0.5) is 11.4 Å². The van der Waals surface area contributed by atoms with Gasteiger partial charge in [0.05, 0.1) is 5.41 Å². The van der Waals surface area contributed by atoms with Crippen molar-refractivity contribution in [3.63, 3.8) is 0 Å². The third-order valence-electron chi connectivity index (χ3n) is 9.55. The van der Waals surface area contributed by atoms with Gasteiger partial charge in [-0.05, 0) is 119 Å². The highest BCUT2D eigenvalue weighted by Crippen LogP contribution is 2.67. The fourth-order valence-corrected chi connectivity index (χ4v) is 9.23. The highest BCUT2D eigenvalue weighted by molar-refractivity contribution is 7.22. The molecule has 3 aliphatic rings.